The summed E-state index contributed by atoms with van der Waals surface area (Å²) in [6.45, 7) is 4.90. The summed E-state index contributed by atoms with van der Waals surface area (Å²) in [5.41, 5.74) is -1.52. The average molecular weight is 322 g/mol. The van der Waals surface area contributed by atoms with Crippen molar-refractivity contribution in [3.63, 3.8) is 0 Å². The summed E-state index contributed by atoms with van der Waals surface area (Å²) in [5.74, 6) is -2.87. The van der Waals surface area contributed by atoms with Crippen LogP contribution in [0.2, 0.25) is 0 Å². The Hall–Kier alpha value is -2.37. The maximum atomic E-state index is 12.5. The van der Waals surface area contributed by atoms with Crippen molar-refractivity contribution in [1.82, 2.24) is 0 Å². The van der Waals surface area contributed by atoms with Gasteiger partial charge in [0.2, 0.25) is 0 Å². The highest BCUT2D eigenvalue weighted by molar-refractivity contribution is 6.18. The van der Waals surface area contributed by atoms with E-state index < -0.39 is 23.3 Å². The van der Waals surface area contributed by atoms with Gasteiger partial charge >= 0.3 is 17.9 Å². The molecule has 0 aliphatic carbocycles. The molecule has 0 saturated carbocycles. The Bertz CT molecular complexity index is 492. The van der Waals surface area contributed by atoms with Crippen molar-refractivity contribution >= 4 is 17.9 Å². The minimum atomic E-state index is -2.15. The number of esters is 3. The van der Waals surface area contributed by atoms with Crippen molar-refractivity contribution in [2.45, 2.75) is 27.2 Å². The van der Waals surface area contributed by atoms with Gasteiger partial charge in [0.05, 0.1) is 19.8 Å². The first-order valence-corrected chi connectivity index (χ1v) is 7.58. The zero-order valence-electron chi connectivity index (χ0n) is 13.7. The van der Waals surface area contributed by atoms with Crippen LogP contribution in [0, 0.1) is 5.41 Å². The number of carbonyl (C=O) groups excluding carboxylic acids is 3. The van der Waals surface area contributed by atoms with Crippen LogP contribution in [0.15, 0.2) is 30.3 Å². The summed E-state index contributed by atoms with van der Waals surface area (Å²) in [6, 6.07) is 8.73. The smallest absolute Gasteiger partial charge is 0.335 e. The molecule has 0 aliphatic heterocycles. The SMILES string of the molecule is CCOC(=O)C(Cc1ccccc1)(C(=O)OCC)C(=O)OCC. The molecule has 23 heavy (non-hydrogen) atoms. The zero-order chi connectivity index (χ0) is 17.3. The number of benzene rings is 1. The second-order valence-electron chi connectivity index (χ2n) is 4.73. The van der Waals surface area contributed by atoms with Gasteiger partial charge < -0.3 is 14.2 Å². The highest BCUT2D eigenvalue weighted by Gasteiger charge is 2.57. The van der Waals surface area contributed by atoms with E-state index in [1.54, 1.807) is 51.1 Å². The van der Waals surface area contributed by atoms with Crippen LogP contribution in [0.3, 0.4) is 0 Å². The van der Waals surface area contributed by atoms with E-state index >= 15 is 0 Å². The second-order valence-corrected chi connectivity index (χ2v) is 4.73. The molecule has 0 bridgehead atoms. The molecule has 0 radical (unpaired) electrons. The van der Waals surface area contributed by atoms with Crippen molar-refractivity contribution in [3.8, 4) is 0 Å². The maximum absolute atomic E-state index is 12.5. The molecule has 0 aromatic heterocycles. The van der Waals surface area contributed by atoms with Crippen molar-refractivity contribution in [2.24, 2.45) is 5.41 Å². The highest BCUT2D eigenvalue weighted by atomic mass is 16.6. The normalized spacial score (nSPS) is 10.7. The van der Waals surface area contributed by atoms with Gasteiger partial charge in [-0.2, -0.15) is 0 Å². The van der Waals surface area contributed by atoms with Gasteiger partial charge in [0.25, 0.3) is 5.41 Å². The molecule has 1 aromatic carbocycles. The second kappa shape index (κ2) is 8.92. The third kappa shape index (κ3) is 4.31. The third-order valence-corrected chi connectivity index (χ3v) is 3.18. The Kier molecular flexibility index (Phi) is 7.25. The Morgan fingerprint density at radius 3 is 1.52 bits per heavy atom. The molecule has 1 aromatic rings. The molecular formula is C17H22O6. The Morgan fingerprint density at radius 2 is 1.17 bits per heavy atom. The molecule has 0 fully saturated rings. The van der Waals surface area contributed by atoms with E-state index in [2.05, 4.69) is 0 Å². The summed E-state index contributed by atoms with van der Waals surface area (Å²) in [7, 11) is 0. The van der Waals surface area contributed by atoms with Gasteiger partial charge in [0.15, 0.2) is 0 Å². The van der Waals surface area contributed by atoms with Crippen molar-refractivity contribution in [1.29, 1.82) is 0 Å². The van der Waals surface area contributed by atoms with Crippen LogP contribution in [0.4, 0.5) is 0 Å². The van der Waals surface area contributed by atoms with E-state index in [1.165, 1.54) is 0 Å². The zero-order valence-corrected chi connectivity index (χ0v) is 13.7. The monoisotopic (exact) mass is 322 g/mol. The van der Waals surface area contributed by atoms with Crippen molar-refractivity contribution in [2.75, 3.05) is 19.8 Å². The molecule has 0 N–H and O–H groups in total. The Balaban J connectivity index is 3.34. The summed E-state index contributed by atoms with van der Waals surface area (Å²) in [4.78, 5) is 37.4. The van der Waals surface area contributed by atoms with Crippen LogP contribution in [0.1, 0.15) is 26.3 Å². The summed E-state index contributed by atoms with van der Waals surface area (Å²) < 4.78 is 14.9. The Morgan fingerprint density at radius 1 is 0.783 bits per heavy atom. The predicted octanol–water partition coefficient (Wildman–Crippen LogP) is 1.90. The van der Waals surface area contributed by atoms with E-state index in [-0.39, 0.29) is 26.2 Å². The number of carbonyl (C=O) groups is 3. The predicted molar refractivity (Wildman–Crippen MR) is 82.5 cm³/mol. The third-order valence-electron chi connectivity index (χ3n) is 3.18. The van der Waals surface area contributed by atoms with E-state index in [1.807, 2.05) is 0 Å². The molecule has 0 atom stereocenters. The van der Waals surface area contributed by atoms with Gasteiger partial charge in [-0.1, -0.05) is 30.3 Å². The summed E-state index contributed by atoms with van der Waals surface area (Å²) in [6.07, 6.45) is -0.176. The molecule has 0 aliphatic rings. The lowest BCUT2D eigenvalue weighted by Crippen LogP contribution is -2.51. The summed E-state index contributed by atoms with van der Waals surface area (Å²) in [5, 5.41) is 0. The standard InChI is InChI=1S/C17H22O6/c1-4-21-14(18)17(15(19)22-5-2,16(20)23-6-3)12-13-10-8-7-9-11-13/h7-11H,4-6,12H2,1-3H3. The first-order chi connectivity index (χ1) is 11.0. The minimum Gasteiger partial charge on any atom is -0.465 e. The maximum Gasteiger partial charge on any atom is 0.335 e. The van der Waals surface area contributed by atoms with Crippen LogP contribution < -0.4 is 0 Å². The fraction of sp³-hybridized carbons (Fsp3) is 0.471. The highest BCUT2D eigenvalue weighted by Crippen LogP contribution is 2.29. The average Bonchev–Trinajstić information content (AvgIpc) is 2.54. The van der Waals surface area contributed by atoms with Gasteiger partial charge in [-0.05, 0) is 26.3 Å². The molecule has 0 amide bonds. The molecule has 126 valence electrons. The quantitative estimate of drug-likeness (QED) is 0.413. The van der Waals surface area contributed by atoms with E-state index in [9.17, 15) is 14.4 Å². The molecule has 0 unspecified atom stereocenters. The van der Waals surface area contributed by atoms with Crippen molar-refractivity contribution < 1.29 is 28.6 Å². The van der Waals surface area contributed by atoms with Gasteiger partial charge in [0, 0.05) is 6.42 Å². The summed E-state index contributed by atoms with van der Waals surface area (Å²) >= 11 is 0. The van der Waals surface area contributed by atoms with E-state index in [0.29, 0.717) is 5.56 Å². The molecule has 6 nitrogen and oxygen atoms in total. The molecule has 1 rings (SSSR count). The fourth-order valence-electron chi connectivity index (χ4n) is 2.13. The number of hydrogen-bond acceptors (Lipinski definition) is 6. The lowest BCUT2D eigenvalue weighted by atomic mass is 9.81. The number of rotatable bonds is 8. The first kappa shape index (κ1) is 18.7. The van der Waals surface area contributed by atoms with Gasteiger partial charge in [-0.3, -0.25) is 14.4 Å². The lowest BCUT2D eigenvalue weighted by molar-refractivity contribution is -0.183. The van der Waals surface area contributed by atoms with Crippen LogP contribution in [-0.4, -0.2) is 37.7 Å². The number of ether oxygens (including phenoxy) is 3. The van der Waals surface area contributed by atoms with Crippen LogP contribution in [0.25, 0.3) is 0 Å². The van der Waals surface area contributed by atoms with E-state index in [0.717, 1.165) is 0 Å². The fourth-order valence-corrected chi connectivity index (χ4v) is 2.13. The first-order valence-electron chi connectivity index (χ1n) is 7.58. The molecular weight excluding hydrogens is 300 g/mol. The number of hydrogen-bond donors (Lipinski definition) is 0. The Labute approximate surface area is 135 Å². The van der Waals surface area contributed by atoms with E-state index in [4.69, 9.17) is 14.2 Å². The van der Waals surface area contributed by atoms with Gasteiger partial charge in [-0.15, -0.1) is 0 Å². The van der Waals surface area contributed by atoms with Crippen LogP contribution in [-0.2, 0) is 35.0 Å². The largest absolute Gasteiger partial charge is 0.465 e. The molecule has 0 spiro atoms. The van der Waals surface area contributed by atoms with Gasteiger partial charge in [-0.25, -0.2) is 0 Å². The van der Waals surface area contributed by atoms with Crippen LogP contribution in [0.5, 0.6) is 0 Å². The van der Waals surface area contributed by atoms with Gasteiger partial charge in [0.1, 0.15) is 0 Å². The molecule has 6 heteroatoms. The minimum absolute atomic E-state index is 0.0359. The molecule has 0 heterocycles. The molecule has 0 saturated heterocycles. The lowest BCUT2D eigenvalue weighted by Gasteiger charge is -2.27. The topological polar surface area (TPSA) is 78.9 Å². The van der Waals surface area contributed by atoms with Crippen molar-refractivity contribution in [3.05, 3.63) is 35.9 Å². The van der Waals surface area contributed by atoms with Crippen LogP contribution >= 0.6 is 0 Å².